The number of hydrogen-bond donors (Lipinski definition) is 1. The molecule has 0 aromatic heterocycles. The summed E-state index contributed by atoms with van der Waals surface area (Å²) in [6.45, 7) is 1.71. The van der Waals surface area contributed by atoms with Crippen LogP contribution in [0.4, 0.5) is 4.39 Å². The van der Waals surface area contributed by atoms with Gasteiger partial charge in [0.25, 0.3) is 0 Å². The smallest absolute Gasteiger partial charge is 0.242 e. The molecule has 0 aliphatic carbocycles. The lowest BCUT2D eigenvalue weighted by atomic mass is 10.1. The van der Waals surface area contributed by atoms with Crippen molar-refractivity contribution in [2.24, 2.45) is 0 Å². The highest BCUT2D eigenvalue weighted by atomic mass is 79.9. The van der Waals surface area contributed by atoms with Crippen LogP contribution < -0.4 is 5.32 Å². The summed E-state index contributed by atoms with van der Waals surface area (Å²) in [4.78, 5) is 24.6. The molecule has 1 unspecified atom stereocenters. The Morgan fingerprint density at radius 1 is 1.50 bits per heavy atom. The van der Waals surface area contributed by atoms with E-state index in [1.165, 1.54) is 11.0 Å². The van der Waals surface area contributed by atoms with E-state index in [9.17, 15) is 14.0 Å². The quantitative estimate of drug-likeness (QED) is 0.898. The highest BCUT2D eigenvalue weighted by Crippen LogP contribution is 2.18. The summed E-state index contributed by atoms with van der Waals surface area (Å²) in [7, 11) is 0. The molecular formula is C12H12BrFN2O2. The van der Waals surface area contributed by atoms with Gasteiger partial charge < -0.3 is 10.2 Å². The molecule has 1 fully saturated rings. The fourth-order valence-corrected chi connectivity index (χ4v) is 2.16. The molecule has 1 aliphatic heterocycles. The molecular weight excluding hydrogens is 303 g/mol. The molecule has 1 heterocycles. The Kier molecular flexibility index (Phi) is 3.65. The Morgan fingerprint density at radius 3 is 2.89 bits per heavy atom. The molecule has 2 amide bonds. The van der Waals surface area contributed by atoms with Gasteiger partial charge in [0.05, 0.1) is 6.54 Å². The Hall–Kier alpha value is -1.43. The van der Waals surface area contributed by atoms with Gasteiger partial charge in [0.1, 0.15) is 11.9 Å². The predicted octanol–water partition coefficient (Wildman–Crippen LogP) is 1.44. The van der Waals surface area contributed by atoms with Crippen LogP contribution >= 0.6 is 15.9 Å². The summed E-state index contributed by atoms with van der Waals surface area (Å²) in [6, 6.07) is 4.08. The number of hydrogen-bond acceptors (Lipinski definition) is 2. The number of rotatable bonds is 2. The molecule has 4 nitrogen and oxygen atoms in total. The van der Waals surface area contributed by atoms with Gasteiger partial charge in [-0.05, 0) is 19.1 Å². The van der Waals surface area contributed by atoms with Gasteiger partial charge in [0.2, 0.25) is 11.8 Å². The van der Waals surface area contributed by atoms with E-state index >= 15 is 0 Å². The number of carbonyl (C=O) groups is 2. The standard InChI is InChI=1S/C12H12BrFN2O2/c1-7-12(18)15-5-11(17)16(7)6-8-2-3-9(13)4-10(8)14/h2-4,7H,5-6H2,1H3,(H,15,18). The van der Waals surface area contributed by atoms with Gasteiger partial charge in [0, 0.05) is 16.6 Å². The van der Waals surface area contributed by atoms with Crippen molar-refractivity contribution in [2.45, 2.75) is 19.5 Å². The van der Waals surface area contributed by atoms with Crippen LogP contribution in [0.3, 0.4) is 0 Å². The van der Waals surface area contributed by atoms with Crippen molar-refractivity contribution in [1.82, 2.24) is 10.2 Å². The normalized spacial score (nSPS) is 19.9. The Balaban J connectivity index is 2.21. The summed E-state index contributed by atoms with van der Waals surface area (Å²) >= 11 is 3.17. The van der Waals surface area contributed by atoms with Gasteiger partial charge >= 0.3 is 0 Å². The lowest BCUT2D eigenvalue weighted by Crippen LogP contribution is -2.56. The zero-order valence-corrected chi connectivity index (χ0v) is 11.3. The molecule has 1 aliphatic rings. The zero-order chi connectivity index (χ0) is 13.3. The number of halogens is 2. The minimum absolute atomic E-state index is 0.0265. The predicted molar refractivity (Wildman–Crippen MR) is 67.1 cm³/mol. The molecule has 0 bridgehead atoms. The van der Waals surface area contributed by atoms with E-state index in [1.54, 1.807) is 19.1 Å². The fraction of sp³-hybridized carbons (Fsp3) is 0.333. The Bertz CT molecular complexity index is 507. The van der Waals surface area contributed by atoms with Crippen molar-refractivity contribution in [3.05, 3.63) is 34.1 Å². The minimum atomic E-state index is -0.575. The largest absolute Gasteiger partial charge is 0.345 e. The number of nitrogens with one attached hydrogen (secondary N) is 1. The van der Waals surface area contributed by atoms with Crippen LogP contribution in [0, 0.1) is 5.82 Å². The van der Waals surface area contributed by atoms with Crippen LogP contribution in [0.1, 0.15) is 12.5 Å². The van der Waals surface area contributed by atoms with Crippen LogP contribution in [-0.4, -0.2) is 29.3 Å². The third-order valence-corrected chi connectivity index (χ3v) is 3.43. The van der Waals surface area contributed by atoms with Gasteiger partial charge in [-0.25, -0.2) is 4.39 Å². The molecule has 1 aromatic rings. The average molecular weight is 315 g/mol. The molecule has 6 heteroatoms. The van der Waals surface area contributed by atoms with Crippen LogP contribution in [0.2, 0.25) is 0 Å². The number of benzene rings is 1. The first-order valence-electron chi connectivity index (χ1n) is 5.50. The maximum atomic E-state index is 13.7. The van der Waals surface area contributed by atoms with E-state index in [2.05, 4.69) is 21.2 Å². The van der Waals surface area contributed by atoms with E-state index in [-0.39, 0.29) is 24.9 Å². The maximum Gasteiger partial charge on any atom is 0.242 e. The first-order chi connectivity index (χ1) is 8.49. The lowest BCUT2D eigenvalue weighted by molar-refractivity contribution is -0.145. The molecule has 1 saturated heterocycles. The molecule has 1 N–H and O–H groups in total. The van der Waals surface area contributed by atoms with Crippen molar-refractivity contribution in [3.8, 4) is 0 Å². The highest BCUT2D eigenvalue weighted by Gasteiger charge is 2.31. The summed E-state index contributed by atoms with van der Waals surface area (Å²) in [5, 5.41) is 2.49. The van der Waals surface area contributed by atoms with Crippen LogP contribution in [-0.2, 0) is 16.1 Å². The average Bonchev–Trinajstić information content (AvgIpc) is 2.32. The van der Waals surface area contributed by atoms with Crippen molar-refractivity contribution < 1.29 is 14.0 Å². The van der Waals surface area contributed by atoms with Crippen molar-refractivity contribution in [3.63, 3.8) is 0 Å². The maximum absolute atomic E-state index is 13.7. The highest BCUT2D eigenvalue weighted by molar-refractivity contribution is 9.10. The third kappa shape index (κ3) is 2.53. The number of carbonyl (C=O) groups excluding carboxylic acids is 2. The van der Waals surface area contributed by atoms with Gasteiger partial charge in [-0.2, -0.15) is 0 Å². The summed E-state index contributed by atoms with van der Waals surface area (Å²) in [6.07, 6.45) is 0. The first-order valence-corrected chi connectivity index (χ1v) is 6.29. The summed E-state index contributed by atoms with van der Waals surface area (Å²) < 4.78 is 14.3. The number of piperazine rings is 1. The van der Waals surface area contributed by atoms with Gasteiger partial charge in [0.15, 0.2) is 0 Å². The SMILES string of the molecule is CC1C(=O)NCC(=O)N1Cc1ccc(Br)cc1F. The molecule has 0 saturated carbocycles. The van der Waals surface area contributed by atoms with Gasteiger partial charge in [-0.1, -0.05) is 22.0 Å². The molecule has 1 atom stereocenters. The van der Waals surface area contributed by atoms with Crippen molar-refractivity contribution in [1.29, 1.82) is 0 Å². The topological polar surface area (TPSA) is 49.4 Å². The van der Waals surface area contributed by atoms with E-state index in [0.717, 1.165) is 0 Å². The second-order valence-corrected chi connectivity index (χ2v) is 5.07. The van der Waals surface area contributed by atoms with Crippen LogP contribution in [0.25, 0.3) is 0 Å². The minimum Gasteiger partial charge on any atom is -0.345 e. The molecule has 0 spiro atoms. The molecule has 1 aromatic carbocycles. The summed E-state index contributed by atoms with van der Waals surface area (Å²) in [5.41, 5.74) is 0.396. The number of amides is 2. The second-order valence-electron chi connectivity index (χ2n) is 4.15. The monoisotopic (exact) mass is 314 g/mol. The summed E-state index contributed by atoms with van der Waals surface area (Å²) in [5.74, 6) is -0.813. The van der Waals surface area contributed by atoms with Crippen molar-refractivity contribution >= 4 is 27.7 Å². The zero-order valence-electron chi connectivity index (χ0n) is 9.74. The lowest BCUT2D eigenvalue weighted by Gasteiger charge is -2.32. The Morgan fingerprint density at radius 2 is 2.22 bits per heavy atom. The molecule has 96 valence electrons. The van der Waals surface area contributed by atoms with E-state index < -0.39 is 11.9 Å². The first kappa shape index (κ1) is 13.0. The van der Waals surface area contributed by atoms with E-state index in [0.29, 0.717) is 10.0 Å². The van der Waals surface area contributed by atoms with Gasteiger partial charge in [-0.3, -0.25) is 9.59 Å². The molecule has 2 rings (SSSR count). The number of nitrogens with zero attached hydrogens (tertiary/aromatic N) is 1. The van der Waals surface area contributed by atoms with Crippen LogP contribution in [0.15, 0.2) is 22.7 Å². The second kappa shape index (κ2) is 5.06. The molecule has 18 heavy (non-hydrogen) atoms. The van der Waals surface area contributed by atoms with Gasteiger partial charge in [-0.15, -0.1) is 0 Å². The van der Waals surface area contributed by atoms with E-state index in [1.807, 2.05) is 0 Å². The Labute approximate surface area is 112 Å². The fourth-order valence-electron chi connectivity index (χ4n) is 1.83. The molecule has 0 radical (unpaired) electrons. The third-order valence-electron chi connectivity index (χ3n) is 2.94. The van der Waals surface area contributed by atoms with Crippen molar-refractivity contribution in [2.75, 3.05) is 6.54 Å². The van der Waals surface area contributed by atoms with Crippen LogP contribution in [0.5, 0.6) is 0 Å². The van der Waals surface area contributed by atoms with E-state index in [4.69, 9.17) is 0 Å².